The summed E-state index contributed by atoms with van der Waals surface area (Å²) in [6.45, 7) is 2.07. The van der Waals surface area contributed by atoms with E-state index in [0.717, 1.165) is 17.1 Å². The molecule has 0 aliphatic rings. The average molecular weight is 388 g/mol. The fourth-order valence-corrected chi connectivity index (χ4v) is 3.56. The van der Waals surface area contributed by atoms with Gasteiger partial charge < -0.3 is 10.0 Å². The summed E-state index contributed by atoms with van der Waals surface area (Å²) in [7, 11) is 1.93. The van der Waals surface area contributed by atoms with Gasteiger partial charge in [-0.25, -0.2) is 4.98 Å². The molecule has 7 heteroatoms. The molecule has 3 aromatic rings. The van der Waals surface area contributed by atoms with Crippen molar-refractivity contribution in [3.8, 4) is 5.75 Å². The first-order valence-corrected chi connectivity index (χ1v) is 9.20. The molecule has 0 spiro atoms. The van der Waals surface area contributed by atoms with Gasteiger partial charge in [0.15, 0.2) is 5.13 Å². The molecule has 5 nitrogen and oxygen atoms in total. The molecule has 0 saturated heterocycles. The van der Waals surface area contributed by atoms with E-state index in [9.17, 15) is 9.90 Å². The molecule has 2 aromatic carbocycles. The molecule has 0 unspecified atom stereocenters. The summed E-state index contributed by atoms with van der Waals surface area (Å²) in [5, 5.41) is 12.8. The predicted molar refractivity (Wildman–Crippen MR) is 107 cm³/mol. The third-order valence-electron chi connectivity index (χ3n) is 3.80. The van der Waals surface area contributed by atoms with Gasteiger partial charge in [-0.3, -0.25) is 9.69 Å². The lowest BCUT2D eigenvalue weighted by Gasteiger charge is -2.19. The second-order valence-corrected chi connectivity index (χ2v) is 7.10. The third-order valence-corrected chi connectivity index (χ3v) is 4.93. The van der Waals surface area contributed by atoms with Crippen molar-refractivity contribution < 1.29 is 9.90 Å². The summed E-state index contributed by atoms with van der Waals surface area (Å²) in [4.78, 5) is 20.3. The molecule has 0 aliphatic heterocycles. The fraction of sp³-hybridized carbons (Fsp3) is 0.158. The highest BCUT2D eigenvalue weighted by atomic mass is 35.5. The number of carbonyl (C=O) groups is 1. The lowest BCUT2D eigenvalue weighted by Crippen LogP contribution is -2.23. The van der Waals surface area contributed by atoms with Gasteiger partial charge >= 0.3 is 0 Å². The van der Waals surface area contributed by atoms with Gasteiger partial charge in [0.1, 0.15) is 5.75 Å². The summed E-state index contributed by atoms with van der Waals surface area (Å²) < 4.78 is 0. The van der Waals surface area contributed by atoms with Crippen molar-refractivity contribution in [2.75, 3.05) is 16.8 Å². The van der Waals surface area contributed by atoms with Gasteiger partial charge in [-0.2, -0.15) is 0 Å². The van der Waals surface area contributed by atoms with Gasteiger partial charge in [0.25, 0.3) is 0 Å². The van der Waals surface area contributed by atoms with Gasteiger partial charge in [-0.05, 0) is 36.4 Å². The summed E-state index contributed by atoms with van der Waals surface area (Å²) in [5.74, 6) is 0.105. The Morgan fingerprint density at radius 3 is 2.58 bits per heavy atom. The van der Waals surface area contributed by atoms with E-state index in [1.807, 2.05) is 23.4 Å². The zero-order chi connectivity index (χ0) is 18.7. The Labute approximate surface area is 161 Å². The van der Waals surface area contributed by atoms with Crippen LogP contribution in [0.2, 0.25) is 5.02 Å². The number of nitrogens with zero attached hydrogens (tertiary/aromatic N) is 3. The van der Waals surface area contributed by atoms with Crippen LogP contribution in [0.3, 0.4) is 0 Å². The highest BCUT2D eigenvalue weighted by Crippen LogP contribution is 2.30. The van der Waals surface area contributed by atoms with Crippen LogP contribution in [-0.4, -0.2) is 23.0 Å². The number of carbonyl (C=O) groups excluding carboxylic acids is 1. The maximum atomic E-state index is 12.1. The molecule has 0 fully saturated rings. The van der Waals surface area contributed by atoms with Crippen LogP contribution < -0.4 is 9.80 Å². The first-order valence-electron chi connectivity index (χ1n) is 7.95. The van der Waals surface area contributed by atoms with Gasteiger partial charge in [-0.15, -0.1) is 11.3 Å². The molecular weight excluding hydrogens is 370 g/mol. The second-order valence-electron chi connectivity index (χ2n) is 5.83. The topological polar surface area (TPSA) is 56.7 Å². The molecule has 1 N–H and O–H groups in total. The summed E-state index contributed by atoms with van der Waals surface area (Å²) in [6.07, 6.45) is 0. The minimum absolute atomic E-state index is 0.116. The molecule has 0 bridgehead atoms. The molecule has 0 radical (unpaired) electrons. The molecule has 3 rings (SSSR count). The number of rotatable bonds is 5. The number of aromatic hydroxyl groups is 1. The minimum atomic E-state index is -0.116. The zero-order valence-corrected chi connectivity index (χ0v) is 16.0. The Kier molecular flexibility index (Phi) is 5.44. The Morgan fingerprint density at radius 1 is 1.19 bits per heavy atom. The predicted octanol–water partition coefficient (Wildman–Crippen LogP) is 4.82. The Hall–Kier alpha value is -2.57. The van der Waals surface area contributed by atoms with E-state index in [2.05, 4.69) is 4.98 Å². The summed E-state index contributed by atoms with van der Waals surface area (Å²) in [6, 6.07) is 14.1. The highest BCUT2D eigenvalue weighted by molar-refractivity contribution is 7.14. The van der Waals surface area contributed by atoms with E-state index >= 15 is 0 Å². The number of hydrogen-bond acceptors (Lipinski definition) is 5. The maximum Gasteiger partial charge on any atom is 0.230 e. The van der Waals surface area contributed by atoms with E-state index in [-0.39, 0.29) is 11.7 Å². The number of aromatic nitrogens is 1. The minimum Gasteiger partial charge on any atom is -0.508 e. The van der Waals surface area contributed by atoms with Gasteiger partial charge in [-0.1, -0.05) is 17.7 Å². The van der Waals surface area contributed by atoms with Crippen LogP contribution in [0.25, 0.3) is 0 Å². The number of thiazole rings is 1. The van der Waals surface area contributed by atoms with Gasteiger partial charge in [0.05, 0.1) is 17.9 Å². The van der Waals surface area contributed by atoms with Crippen LogP contribution in [0.5, 0.6) is 5.75 Å². The number of phenols is 1. The lowest BCUT2D eigenvalue weighted by molar-refractivity contribution is -0.115. The van der Waals surface area contributed by atoms with Crippen LogP contribution >= 0.6 is 22.9 Å². The number of anilines is 3. The molecule has 134 valence electrons. The van der Waals surface area contributed by atoms with E-state index in [0.29, 0.717) is 16.7 Å². The molecular formula is C19H18ClN3O2S. The summed E-state index contributed by atoms with van der Waals surface area (Å²) >= 11 is 7.34. The van der Waals surface area contributed by atoms with Crippen molar-refractivity contribution in [2.24, 2.45) is 0 Å². The standard InChI is InChI=1S/C19H18ClN3O2S/c1-13(24)23(16-8-6-14(20)7-9-16)19-21-15(12-26-19)11-22(2)17-4-3-5-18(25)10-17/h3-10,12,25H,11H2,1-2H3. The van der Waals surface area contributed by atoms with Crippen molar-refractivity contribution in [2.45, 2.75) is 13.5 Å². The van der Waals surface area contributed by atoms with Gasteiger partial charge in [0, 0.05) is 36.1 Å². The van der Waals surface area contributed by atoms with E-state index in [1.165, 1.54) is 18.3 Å². The molecule has 1 heterocycles. The fourth-order valence-electron chi connectivity index (χ4n) is 2.55. The third kappa shape index (κ3) is 4.15. The average Bonchev–Trinajstić information content (AvgIpc) is 3.04. The molecule has 26 heavy (non-hydrogen) atoms. The van der Waals surface area contributed by atoms with Crippen LogP contribution in [0, 0.1) is 0 Å². The smallest absolute Gasteiger partial charge is 0.230 e. The maximum absolute atomic E-state index is 12.1. The van der Waals surface area contributed by atoms with Crippen LogP contribution in [0.4, 0.5) is 16.5 Å². The molecule has 0 atom stereocenters. The zero-order valence-electron chi connectivity index (χ0n) is 14.4. The normalized spacial score (nSPS) is 10.6. The van der Waals surface area contributed by atoms with Crippen LogP contribution in [0.1, 0.15) is 12.6 Å². The quantitative estimate of drug-likeness (QED) is 0.681. The van der Waals surface area contributed by atoms with Crippen LogP contribution in [-0.2, 0) is 11.3 Å². The van der Waals surface area contributed by atoms with Crippen molar-refractivity contribution >= 4 is 45.4 Å². The first-order chi connectivity index (χ1) is 12.4. The van der Waals surface area contributed by atoms with Gasteiger partial charge in [0.2, 0.25) is 5.91 Å². The SMILES string of the molecule is CC(=O)N(c1ccc(Cl)cc1)c1nc(CN(C)c2cccc(O)c2)cs1. The second kappa shape index (κ2) is 7.76. The number of phenolic OH excluding ortho intramolecular Hbond substituents is 1. The number of amides is 1. The Morgan fingerprint density at radius 2 is 1.92 bits per heavy atom. The highest BCUT2D eigenvalue weighted by Gasteiger charge is 2.18. The van der Waals surface area contributed by atoms with Crippen molar-refractivity contribution in [1.82, 2.24) is 4.98 Å². The number of halogens is 1. The van der Waals surface area contributed by atoms with E-state index in [4.69, 9.17) is 11.6 Å². The van der Waals surface area contributed by atoms with Crippen molar-refractivity contribution in [1.29, 1.82) is 0 Å². The van der Waals surface area contributed by atoms with Crippen molar-refractivity contribution in [3.05, 3.63) is 64.6 Å². The number of hydrogen-bond donors (Lipinski definition) is 1. The van der Waals surface area contributed by atoms with Crippen molar-refractivity contribution in [3.63, 3.8) is 0 Å². The summed E-state index contributed by atoms with van der Waals surface area (Å²) in [5.41, 5.74) is 2.46. The Balaban J connectivity index is 1.81. The molecule has 1 aromatic heterocycles. The molecule has 0 saturated carbocycles. The van der Waals surface area contributed by atoms with E-state index < -0.39 is 0 Å². The van der Waals surface area contributed by atoms with E-state index in [1.54, 1.807) is 47.4 Å². The first kappa shape index (κ1) is 18.2. The molecule has 0 aliphatic carbocycles. The largest absolute Gasteiger partial charge is 0.508 e. The van der Waals surface area contributed by atoms with Crippen LogP contribution in [0.15, 0.2) is 53.9 Å². The lowest BCUT2D eigenvalue weighted by atomic mass is 10.2. The Bertz CT molecular complexity index is 911. The monoisotopic (exact) mass is 387 g/mol. The molecule has 1 amide bonds. The number of benzene rings is 2.